The van der Waals surface area contributed by atoms with Gasteiger partial charge in [-0.1, -0.05) is 18.2 Å². The Morgan fingerprint density at radius 1 is 1.25 bits per heavy atom. The van der Waals surface area contributed by atoms with Crippen LogP contribution in [0.25, 0.3) is 17.0 Å². The predicted octanol–water partition coefficient (Wildman–Crippen LogP) is 1.07. The Hall–Kier alpha value is -1.52. The summed E-state index contributed by atoms with van der Waals surface area (Å²) in [6.45, 7) is 0. The monoisotopic (exact) mass is 214 g/mol. The summed E-state index contributed by atoms with van der Waals surface area (Å²) in [5, 5.41) is 19.5. The maximum atomic E-state index is 9.34. The lowest BCUT2D eigenvalue weighted by Crippen LogP contribution is -2.30. The van der Waals surface area contributed by atoms with Gasteiger partial charge < -0.3 is 14.5 Å². The van der Waals surface area contributed by atoms with Crippen LogP contribution in [0.15, 0.2) is 28.7 Å². The highest BCUT2D eigenvalue weighted by atomic mass is 16.4. The van der Waals surface area contributed by atoms with Crippen LogP contribution in [-0.4, -0.2) is 17.2 Å². The first-order chi connectivity index (χ1) is 7.77. The molecule has 0 saturated heterocycles. The van der Waals surface area contributed by atoms with Gasteiger partial charge in [-0.05, 0) is 30.4 Å². The van der Waals surface area contributed by atoms with Gasteiger partial charge in [0.2, 0.25) is 0 Å². The third-order valence-electron chi connectivity index (χ3n) is 2.99. The molecule has 0 atom stereocenters. The van der Waals surface area contributed by atoms with Crippen molar-refractivity contribution in [2.45, 2.75) is 12.8 Å². The topological polar surface area (TPSA) is 53.6 Å². The Morgan fingerprint density at radius 3 is 2.94 bits per heavy atom. The standard InChI is InChI=1S/C12H11BO3/c14-13(15)9-5-3-7-11-12(9)8-4-1-2-6-10(8)16-11/h2-3,5-7,14-15H,1,4H2. The van der Waals surface area contributed by atoms with E-state index in [0.29, 0.717) is 5.46 Å². The van der Waals surface area contributed by atoms with E-state index in [-0.39, 0.29) is 0 Å². The maximum absolute atomic E-state index is 9.34. The Labute approximate surface area is 93.2 Å². The van der Waals surface area contributed by atoms with E-state index in [1.807, 2.05) is 12.1 Å². The van der Waals surface area contributed by atoms with Crippen molar-refractivity contribution in [3.05, 3.63) is 35.6 Å². The average Bonchev–Trinajstić information content (AvgIpc) is 2.66. The molecule has 0 unspecified atom stereocenters. The molecule has 0 amide bonds. The third kappa shape index (κ3) is 1.31. The van der Waals surface area contributed by atoms with E-state index in [0.717, 1.165) is 35.1 Å². The van der Waals surface area contributed by atoms with E-state index >= 15 is 0 Å². The molecule has 0 saturated carbocycles. The Morgan fingerprint density at radius 2 is 2.12 bits per heavy atom. The lowest BCUT2D eigenvalue weighted by Gasteiger charge is -2.05. The zero-order valence-electron chi connectivity index (χ0n) is 8.68. The SMILES string of the molecule is OB(O)c1cccc2oc3c(c12)CCC=C3. The Bertz CT molecular complexity index is 569. The van der Waals surface area contributed by atoms with Gasteiger partial charge in [0.05, 0.1) is 0 Å². The van der Waals surface area contributed by atoms with Crippen molar-refractivity contribution in [3.8, 4) is 0 Å². The molecule has 2 N–H and O–H groups in total. The summed E-state index contributed by atoms with van der Waals surface area (Å²) in [5.41, 5.74) is 2.33. The van der Waals surface area contributed by atoms with Gasteiger partial charge in [-0.2, -0.15) is 0 Å². The van der Waals surface area contributed by atoms with Gasteiger partial charge in [0.15, 0.2) is 0 Å². The van der Waals surface area contributed by atoms with Crippen LogP contribution in [0.4, 0.5) is 0 Å². The summed E-state index contributed by atoms with van der Waals surface area (Å²) < 4.78 is 5.67. The van der Waals surface area contributed by atoms with Crippen molar-refractivity contribution < 1.29 is 14.5 Å². The van der Waals surface area contributed by atoms with E-state index in [2.05, 4.69) is 6.08 Å². The number of fused-ring (bicyclic) bond motifs is 3. The van der Waals surface area contributed by atoms with Crippen molar-refractivity contribution in [3.63, 3.8) is 0 Å². The molecular formula is C12H11BO3. The molecule has 80 valence electrons. The molecule has 1 aliphatic carbocycles. The fraction of sp³-hybridized carbons (Fsp3) is 0.167. The minimum absolute atomic E-state index is 0.526. The summed E-state index contributed by atoms with van der Waals surface area (Å²) in [5.74, 6) is 0.842. The molecule has 3 rings (SSSR count). The van der Waals surface area contributed by atoms with Crippen LogP contribution in [-0.2, 0) is 6.42 Å². The van der Waals surface area contributed by atoms with Crippen molar-refractivity contribution in [1.29, 1.82) is 0 Å². The molecule has 0 fully saturated rings. The predicted molar refractivity (Wildman–Crippen MR) is 63.4 cm³/mol. The number of benzene rings is 1. The van der Waals surface area contributed by atoms with Crippen molar-refractivity contribution in [2.24, 2.45) is 0 Å². The summed E-state index contributed by atoms with van der Waals surface area (Å²) in [6.07, 6.45) is 5.88. The second-order valence-corrected chi connectivity index (χ2v) is 3.98. The molecule has 1 heterocycles. The zero-order chi connectivity index (χ0) is 11.1. The summed E-state index contributed by atoms with van der Waals surface area (Å²) in [7, 11) is -1.45. The van der Waals surface area contributed by atoms with Gasteiger partial charge in [-0.15, -0.1) is 0 Å². The largest absolute Gasteiger partial charge is 0.489 e. The molecule has 1 aromatic carbocycles. The van der Waals surface area contributed by atoms with Crippen LogP contribution in [0.1, 0.15) is 17.7 Å². The number of allylic oxidation sites excluding steroid dienone is 1. The first-order valence-corrected chi connectivity index (χ1v) is 5.34. The van der Waals surface area contributed by atoms with Gasteiger partial charge in [0.25, 0.3) is 0 Å². The van der Waals surface area contributed by atoms with Gasteiger partial charge in [-0.25, -0.2) is 0 Å². The third-order valence-corrected chi connectivity index (χ3v) is 2.99. The number of aryl methyl sites for hydroxylation is 1. The zero-order valence-corrected chi connectivity index (χ0v) is 8.68. The van der Waals surface area contributed by atoms with E-state index in [4.69, 9.17) is 4.42 Å². The van der Waals surface area contributed by atoms with Crippen LogP contribution < -0.4 is 5.46 Å². The molecule has 0 spiro atoms. The second-order valence-electron chi connectivity index (χ2n) is 3.98. The molecule has 16 heavy (non-hydrogen) atoms. The lowest BCUT2D eigenvalue weighted by molar-refractivity contribution is 0.426. The first-order valence-electron chi connectivity index (χ1n) is 5.34. The number of hydrogen-bond acceptors (Lipinski definition) is 3. The molecule has 4 heteroatoms. The van der Waals surface area contributed by atoms with Crippen LogP contribution in [0.3, 0.4) is 0 Å². The van der Waals surface area contributed by atoms with Crippen molar-refractivity contribution in [2.75, 3.05) is 0 Å². The highest BCUT2D eigenvalue weighted by Crippen LogP contribution is 2.29. The molecule has 0 bridgehead atoms. The second kappa shape index (κ2) is 3.51. The van der Waals surface area contributed by atoms with Crippen LogP contribution >= 0.6 is 0 Å². The van der Waals surface area contributed by atoms with Crippen molar-refractivity contribution >= 4 is 29.6 Å². The van der Waals surface area contributed by atoms with E-state index < -0.39 is 7.12 Å². The quantitative estimate of drug-likeness (QED) is 0.698. The normalized spacial score (nSPS) is 14.1. The van der Waals surface area contributed by atoms with Crippen LogP contribution in [0.2, 0.25) is 0 Å². The summed E-state index contributed by atoms with van der Waals surface area (Å²) in [6, 6.07) is 5.35. The van der Waals surface area contributed by atoms with Crippen LogP contribution in [0, 0.1) is 0 Å². The van der Waals surface area contributed by atoms with E-state index in [1.54, 1.807) is 12.1 Å². The summed E-state index contributed by atoms with van der Waals surface area (Å²) >= 11 is 0. The number of rotatable bonds is 1. The highest BCUT2D eigenvalue weighted by molar-refractivity contribution is 6.62. The number of hydrogen-bond donors (Lipinski definition) is 2. The van der Waals surface area contributed by atoms with E-state index in [9.17, 15) is 10.0 Å². The molecule has 3 nitrogen and oxygen atoms in total. The van der Waals surface area contributed by atoms with Gasteiger partial charge in [0.1, 0.15) is 11.3 Å². The fourth-order valence-corrected chi connectivity index (χ4v) is 2.28. The van der Waals surface area contributed by atoms with Gasteiger partial charge >= 0.3 is 7.12 Å². The van der Waals surface area contributed by atoms with E-state index in [1.165, 1.54) is 0 Å². The molecule has 2 aromatic rings. The maximum Gasteiger partial charge on any atom is 0.489 e. The molecule has 1 aromatic heterocycles. The Balaban J connectivity index is 2.37. The smallest absolute Gasteiger partial charge is 0.456 e. The van der Waals surface area contributed by atoms with Gasteiger partial charge in [0, 0.05) is 10.9 Å². The number of furan rings is 1. The minimum atomic E-state index is -1.45. The highest BCUT2D eigenvalue weighted by Gasteiger charge is 2.22. The fourth-order valence-electron chi connectivity index (χ4n) is 2.28. The average molecular weight is 214 g/mol. The molecular weight excluding hydrogens is 203 g/mol. The Kier molecular flexibility index (Phi) is 2.12. The van der Waals surface area contributed by atoms with Gasteiger partial charge in [-0.3, -0.25) is 0 Å². The molecule has 0 radical (unpaired) electrons. The van der Waals surface area contributed by atoms with Crippen molar-refractivity contribution in [1.82, 2.24) is 0 Å². The molecule has 0 aliphatic heterocycles. The van der Waals surface area contributed by atoms with Crippen LogP contribution in [0.5, 0.6) is 0 Å². The lowest BCUT2D eigenvalue weighted by atomic mass is 9.76. The minimum Gasteiger partial charge on any atom is -0.456 e. The summed E-state index contributed by atoms with van der Waals surface area (Å²) in [4.78, 5) is 0. The molecule has 1 aliphatic rings. The first kappa shape index (κ1) is 9.69.